The van der Waals surface area contributed by atoms with Crippen LogP contribution in [0.1, 0.15) is 18.9 Å². The van der Waals surface area contributed by atoms with E-state index in [0.717, 1.165) is 4.57 Å². The van der Waals surface area contributed by atoms with E-state index >= 15 is 0 Å². The Bertz CT molecular complexity index is 1620. The summed E-state index contributed by atoms with van der Waals surface area (Å²) >= 11 is 0. The Balaban J connectivity index is 1.18. The maximum atomic E-state index is 14.3. The maximum absolute atomic E-state index is 14.3. The summed E-state index contributed by atoms with van der Waals surface area (Å²) in [4.78, 5) is 30.8. The molecule has 6 heterocycles. The number of nitrogens with two attached hydrogens (primary N) is 2. The van der Waals surface area contributed by atoms with Crippen LogP contribution in [0.5, 0.6) is 0 Å². The van der Waals surface area contributed by atoms with Crippen molar-refractivity contribution in [3.05, 3.63) is 35.4 Å². The number of nitrogen functional groups attached to an aromatic ring is 2. The zero-order valence-electron chi connectivity index (χ0n) is 25.6. The van der Waals surface area contributed by atoms with Crippen LogP contribution >= 0.6 is 7.75 Å². The Kier molecular flexibility index (Phi) is 10.4. The number of aliphatic hydroxyl groups excluding tert-OH is 2. The second-order valence-electron chi connectivity index (χ2n) is 11.2. The van der Waals surface area contributed by atoms with E-state index in [1.807, 2.05) is 0 Å². The van der Waals surface area contributed by atoms with Gasteiger partial charge in [-0.05, 0) is 6.07 Å². The first-order valence-corrected chi connectivity index (χ1v) is 16.6. The number of nitrogens with one attached hydrogen (secondary N) is 1. The molecule has 3 saturated heterocycles. The first-order valence-electron chi connectivity index (χ1n) is 15.1. The number of fused-ring (bicyclic) bond motifs is 1. The summed E-state index contributed by atoms with van der Waals surface area (Å²) in [7, 11) is -2.80. The molecule has 6 rings (SSSR count). The summed E-state index contributed by atoms with van der Waals surface area (Å²) < 4.78 is 52.0. The molecule has 0 aromatic carbocycles. The van der Waals surface area contributed by atoms with Crippen LogP contribution in [0, 0.1) is 0 Å². The lowest BCUT2D eigenvalue weighted by Gasteiger charge is -2.29. The second-order valence-corrected chi connectivity index (χ2v) is 13.0. The molecule has 3 aliphatic rings. The summed E-state index contributed by atoms with van der Waals surface area (Å²) in [5, 5.41) is 24.1. The fourth-order valence-corrected chi connectivity index (χ4v) is 7.34. The Hall–Kier alpha value is -3.14. The Morgan fingerprint density at radius 1 is 1.15 bits per heavy atom. The molecule has 3 aliphatic heterocycles. The fourth-order valence-electron chi connectivity index (χ4n) is 5.81. The van der Waals surface area contributed by atoms with Crippen LogP contribution in [-0.4, -0.2) is 134 Å². The van der Waals surface area contributed by atoms with Crippen molar-refractivity contribution in [3.8, 4) is 0 Å². The molecule has 0 spiro atoms. The van der Waals surface area contributed by atoms with Gasteiger partial charge in [0, 0.05) is 45.9 Å². The molecule has 258 valence electrons. The van der Waals surface area contributed by atoms with Crippen molar-refractivity contribution in [3.63, 3.8) is 0 Å². The number of anilines is 2. The van der Waals surface area contributed by atoms with Crippen LogP contribution in [0.2, 0.25) is 0 Å². The number of nitrogens with zero attached hydrogens (tertiary/aromatic N) is 7. The number of imidazole rings is 1. The third kappa shape index (κ3) is 7.32. The summed E-state index contributed by atoms with van der Waals surface area (Å²) in [6.07, 6.45) is -2.51. The van der Waals surface area contributed by atoms with Crippen molar-refractivity contribution in [2.24, 2.45) is 0 Å². The fraction of sp³-hybridized carbons (Fsp3) is 0.654. The first-order chi connectivity index (χ1) is 22.7. The van der Waals surface area contributed by atoms with Crippen LogP contribution in [0.4, 0.5) is 11.6 Å². The van der Waals surface area contributed by atoms with E-state index in [2.05, 4.69) is 29.9 Å². The lowest BCUT2D eigenvalue weighted by atomic mass is 10.1. The van der Waals surface area contributed by atoms with E-state index in [1.165, 1.54) is 32.0 Å². The number of hydrogen-bond donors (Lipinski definition) is 5. The number of ether oxygens (including phenoxy) is 4. The van der Waals surface area contributed by atoms with Gasteiger partial charge < -0.3 is 40.6 Å². The first kappa shape index (κ1) is 33.7. The van der Waals surface area contributed by atoms with Crippen LogP contribution in [-0.2, 0) is 32.6 Å². The lowest BCUT2D eigenvalue weighted by Crippen LogP contribution is -2.40. The van der Waals surface area contributed by atoms with Gasteiger partial charge in [0.2, 0.25) is 0 Å². The molecular weight excluding hydrogens is 643 g/mol. The Morgan fingerprint density at radius 2 is 1.96 bits per heavy atom. The summed E-state index contributed by atoms with van der Waals surface area (Å²) in [6.45, 7) is 2.52. The standard InChI is InChI=1S/C26H39N10O10P/c1-41-22-21(38)17(45-25(22)35-4-2-18(27)33-26(35)39)12-43-47(40,32-3-5-34-6-8-42-9-7-34)46-15-10-19(44-16(15)11-37)36-14-31-20-23(28)29-13-30-24(20)36/h2,4,13-17,19,21-22,25,37-38H,3,5-12H2,1H3,(H,32,40)(H2,27,33,39)(H2,28,29,30)/t15-,16+,17+,19+,21+,22+,25+,47?/m0/s1. The molecule has 3 aromatic rings. The average molecular weight is 683 g/mol. The van der Waals surface area contributed by atoms with Crippen LogP contribution in [0.3, 0.4) is 0 Å². The Morgan fingerprint density at radius 3 is 2.70 bits per heavy atom. The van der Waals surface area contributed by atoms with E-state index in [1.54, 1.807) is 4.57 Å². The molecule has 20 nitrogen and oxygen atoms in total. The lowest BCUT2D eigenvalue weighted by molar-refractivity contribution is -0.0633. The minimum atomic E-state index is -4.16. The monoisotopic (exact) mass is 682 g/mol. The maximum Gasteiger partial charge on any atom is 0.406 e. The van der Waals surface area contributed by atoms with Gasteiger partial charge >= 0.3 is 13.4 Å². The van der Waals surface area contributed by atoms with E-state index < -0.39 is 69.6 Å². The zero-order chi connectivity index (χ0) is 33.1. The molecule has 7 N–H and O–H groups in total. The molecule has 0 aliphatic carbocycles. The highest BCUT2D eigenvalue weighted by atomic mass is 31.2. The summed E-state index contributed by atoms with van der Waals surface area (Å²) in [5.41, 5.74) is 11.7. The second kappa shape index (κ2) is 14.5. The predicted octanol–water partition coefficient (Wildman–Crippen LogP) is -1.77. The normalized spacial score (nSPS) is 29.8. The zero-order valence-corrected chi connectivity index (χ0v) is 26.5. The number of hydrogen-bond acceptors (Lipinski definition) is 17. The molecule has 3 fully saturated rings. The van der Waals surface area contributed by atoms with Gasteiger partial charge in [0.15, 0.2) is 17.7 Å². The van der Waals surface area contributed by atoms with Gasteiger partial charge in [0.25, 0.3) is 0 Å². The number of rotatable bonds is 13. The van der Waals surface area contributed by atoms with E-state index in [0.29, 0.717) is 44.0 Å². The van der Waals surface area contributed by atoms with Crippen molar-refractivity contribution < 1.29 is 42.8 Å². The molecule has 0 amide bonds. The predicted molar refractivity (Wildman–Crippen MR) is 163 cm³/mol. The molecule has 0 bridgehead atoms. The highest BCUT2D eigenvalue weighted by Gasteiger charge is 2.48. The number of methoxy groups -OCH3 is 1. The molecule has 3 aromatic heterocycles. The minimum absolute atomic E-state index is 0.0258. The number of aromatic nitrogens is 6. The molecule has 21 heteroatoms. The van der Waals surface area contributed by atoms with Gasteiger partial charge in [-0.15, -0.1) is 0 Å². The van der Waals surface area contributed by atoms with Gasteiger partial charge in [-0.1, -0.05) is 0 Å². The number of aliphatic hydroxyl groups is 2. The SMILES string of the molecule is CO[C@@H]1[C@H](O)[C@@H](COP(=O)(NCCN2CCOCC2)O[C@H]2C[C@H](n3cnc4c(N)ncnc43)O[C@@H]2CO)O[C@H]1n1ccc(N)nc1=O. The smallest absolute Gasteiger partial charge is 0.394 e. The van der Waals surface area contributed by atoms with E-state index in [-0.39, 0.29) is 24.6 Å². The van der Waals surface area contributed by atoms with Crippen LogP contribution in [0.25, 0.3) is 11.2 Å². The van der Waals surface area contributed by atoms with Gasteiger partial charge in [0.1, 0.15) is 54.4 Å². The molecular formula is C26H39N10O10P. The molecule has 8 atom stereocenters. The van der Waals surface area contributed by atoms with E-state index in [9.17, 15) is 19.6 Å². The van der Waals surface area contributed by atoms with Gasteiger partial charge in [-0.25, -0.2) is 29.4 Å². The van der Waals surface area contributed by atoms with Crippen molar-refractivity contribution in [2.45, 2.75) is 49.4 Å². The van der Waals surface area contributed by atoms with Gasteiger partial charge in [-0.2, -0.15) is 4.98 Å². The molecule has 47 heavy (non-hydrogen) atoms. The van der Waals surface area contributed by atoms with Gasteiger partial charge in [-0.3, -0.25) is 23.1 Å². The van der Waals surface area contributed by atoms with Crippen molar-refractivity contribution in [1.82, 2.24) is 39.1 Å². The van der Waals surface area contributed by atoms with Crippen LogP contribution in [0.15, 0.2) is 29.7 Å². The van der Waals surface area contributed by atoms with E-state index in [4.69, 9.17) is 39.5 Å². The summed E-state index contributed by atoms with van der Waals surface area (Å²) in [5.74, 6) is 0.227. The van der Waals surface area contributed by atoms with Crippen molar-refractivity contribution >= 4 is 30.5 Å². The minimum Gasteiger partial charge on any atom is -0.394 e. The third-order valence-electron chi connectivity index (χ3n) is 8.29. The molecule has 0 radical (unpaired) electrons. The van der Waals surface area contributed by atoms with Crippen molar-refractivity contribution in [2.75, 3.05) is 71.2 Å². The highest BCUT2D eigenvalue weighted by Crippen LogP contribution is 2.49. The summed E-state index contributed by atoms with van der Waals surface area (Å²) in [6, 6.07) is 1.41. The highest BCUT2D eigenvalue weighted by molar-refractivity contribution is 7.51. The number of morpholine rings is 1. The molecule has 0 saturated carbocycles. The quantitative estimate of drug-likeness (QED) is 0.125. The Labute approximate surface area is 268 Å². The van der Waals surface area contributed by atoms with Gasteiger partial charge in [0.05, 0.1) is 32.8 Å². The van der Waals surface area contributed by atoms with Crippen LogP contribution < -0.4 is 22.2 Å². The molecule has 1 unspecified atom stereocenters. The third-order valence-corrected chi connectivity index (χ3v) is 9.94. The topological polar surface area (TPSA) is 259 Å². The largest absolute Gasteiger partial charge is 0.406 e. The van der Waals surface area contributed by atoms with Crippen molar-refractivity contribution in [1.29, 1.82) is 0 Å². The average Bonchev–Trinajstić information content (AvgIpc) is 3.76.